The predicted octanol–water partition coefficient (Wildman–Crippen LogP) is 16.5. The van der Waals surface area contributed by atoms with Crippen LogP contribution >= 0.6 is 0 Å². The van der Waals surface area contributed by atoms with Crippen LogP contribution in [0, 0.1) is 68.0 Å². The second-order valence-electron chi connectivity index (χ2n) is 18.7. The van der Waals surface area contributed by atoms with Gasteiger partial charge in [-0.15, -0.1) is 0 Å². The Kier molecular flexibility index (Phi) is 11.4. The van der Waals surface area contributed by atoms with Crippen LogP contribution in [-0.2, 0) is 6.18 Å². The van der Waals surface area contributed by atoms with E-state index in [4.69, 9.17) is 0 Å². The Balaban J connectivity index is 1.20. The number of benzene rings is 10. The van der Waals surface area contributed by atoms with Crippen LogP contribution in [-0.4, -0.2) is 9.13 Å². The lowest BCUT2D eigenvalue weighted by Crippen LogP contribution is -2.11. The molecular formula is C67H33F3N8. The van der Waals surface area contributed by atoms with E-state index < -0.39 is 11.7 Å². The van der Waals surface area contributed by atoms with Gasteiger partial charge in [0.1, 0.15) is 11.6 Å². The Hall–Kier alpha value is -11.5. The van der Waals surface area contributed by atoms with Crippen LogP contribution in [0.2, 0.25) is 0 Å². The van der Waals surface area contributed by atoms with E-state index in [2.05, 4.69) is 30.3 Å². The number of halogens is 3. The van der Waals surface area contributed by atoms with Crippen molar-refractivity contribution in [2.45, 2.75) is 6.18 Å². The van der Waals surface area contributed by atoms with Crippen LogP contribution in [0.1, 0.15) is 38.9 Å². The second kappa shape index (κ2) is 18.8. The molecule has 11 heteroatoms. The van der Waals surface area contributed by atoms with E-state index in [1.54, 1.807) is 60.7 Å². The molecule has 0 bridgehead atoms. The Morgan fingerprint density at radius 2 is 0.679 bits per heavy atom. The van der Waals surface area contributed by atoms with Gasteiger partial charge < -0.3 is 9.13 Å². The first kappa shape index (κ1) is 47.5. The van der Waals surface area contributed by atoms with E-state index in [9.17, 15) is 31.6 Å². The summed E-state index contributed by atoms with van der Waals surface area (Å²) in [5.74, 6) is 0. The lowest BCUT2D eigenvalue weighted by molar-refractivity contribution is -0.137. The summed E-state index contributed by atoms with van der Waals surface area (Å²) in [5, 5.41) is 63.9. The maximum Gasteiger partial charge on any atom is 0.417 e. The van der Waals surface area contributed by atoms with Crippen molar-refractivity contribution < 1.29 is 13.2 Å². The van der Waals surface area contributed by atoms with Crippen molar-refractivity contribution in [3.05, 3.63) is 239 Å². The molecule has 12 aromatic rings. The lowest BCUT2D eigenvalue weighted by atomic mass is 9.90. The fraction of sp³-hybridized carbons (Fsp3) is 0.0149. The van der Waals surface area contributed by atoms with Crippen LogP contribution in [0.4, 0.5) is 13.2 Å². The van der Waals surface area contributed by atoms with Crippen LogP contribution in [0.15, 0.2) is 200 Å². The van der Waals surface area contributed by atoms with E-state index in [1.165, 1.54) is 12.1 Å². The molecule has 10 aromatic carbocycles. The number of rotatable bonds is 7. The number of nitriles is 6. The molecule has 0 saturated carbocycles. The van der Waals surface area contributed by atoms with Crippen molar-refractivity contribution in [3.8, 4) is 103 Å². The smallest absolute Gasteiger partial charge is 0.308 e. The minimum absolute atomic E-state index is 0.00196. The number of nitrogens with zero attached hydrogens (tertiary/aromatic N) is 8. The van der Waals surface area contributed by atoms with Gasteiger partial charge in [-0.1, -0.05) is 84.9 Å². The molecule has 2 aromatic heterocycles. The van der Waals surface area contributed by atoms with Crippen molar-refractivity contribution in [3.63, 3.8) is 0 Å². The highest BCUT2D eigenvalue weighted by Crippen LogP contribution is 2.48. The number of hydrogen-bond acceptors (Lipinski definition) is 6. The summed E-state index contributed by atoms with van der Waals surface area (Å²) in [5.41, 5.74) is 9.92. The van der Waals surface area contributed by atoms with Gasteiger partial charge in [0.25, 0.3) is 0 Å². The molecule has 8 nitrogen and oxygen atoms in total. The molecule has 0 aliphatic rings. The van der Waals surface area contributed by atoms with Crippen molar-refractivity contribution in [2.24, 2.45) is 0 Å². The van der Waals surface area contributed by atoms with Crippen LogP contribution < -0.4 is 0 Å². The Morgan fingerprint density at radius 3 is 1.00 bits per heavy atom. The third-order valence-electron chi connectivity index (χ3n) is 14.4. The topological polar surface area (TPSA) is 153 Å². The molecule has 0 aliphatic heterocycles. The molecular weight excluding hydrogens is 974 g/mol. The van der Waals surface area contributed by atoms with Gasteiger partial charge in [-0.05, 0) is 160 Å². The zero-order valence-electron chi connectivity index (χ0n) is 40.8. The molecule has 362 valence electrons. The lowest BCUT2D eigenvalue weighted by Gasteiger charge is -2.22. The van der Waals surface area contributed by atoms with Crippen LogP contribution in [0.25, 0.3) is 111 Å². The maximum absolute atomic E-state index is 15.5. The number of aromatic nitrogens is 2. The molecule has 78 heavy (non-hydrogen) atoms. The molecule has 0 fully saturated rings. The number of alkyl halides is 3. The first-order valence-electron chi connectivity index (χ1n) is 24.4. The summed E-state index contributed by atoms with van der Waals surface area (Å²) in [6.07, 6.45) is -4.91. The van der Waals surface area contributed by atoms with Crippen LogP contribution in [0.5, 0.6) is 0 Å². The van der Waals surface area contributed by atoms with Crippen molar-refractivity contribution >= 4 is 43.6 Å². The van der Waals surface area contributed by atoms with Gasteiger partial charge in [-0.2, -0.15) is 44.7 Å². The zero-order chi connectivity index (χ0) is 53.8. The summed E-state index contributed by atoms with van der Waals surface area (Å²) in [4.78, 5) is 0. The average molecular weight is 1010 g/mol. The third-order valence-corrected chi connectivity index (χ3v) is 14.4. The fourth-order valence-electron chi connectivity index (χ4n) is 10.7. The highest BCUT2D eigenvalue weighted by Gasteiger charge is 2.37. The number of fused-ring (bicyclic) bond motifs is 6. The zero-order valence-corrected chi connectivity index (χ0v) is 40.8. The first-order chi connectivity index (χ1) is 38.0. The molecule has 0 saturated heterocycles. The van der Waals surface area contributed by atoms with E-state index in [1.807, 2.05) is 137 Å². The molecule has 0 spiro atoms. The van der Waals surface area contributed by atoms with Gasteiger partial charge in [0.15, 0.2) is 0 Å². The van der Waals surface area contributed by atoms with Gasteiger partial charge in [0.2, 0.25) is 0 Å². The number of hydrogen-bond donors (Lipinski definition) is 0. The van der Waals surface area contributed by atoms with Gasteiger partial charge >= 0.3 is 6.18 Å². The standard InChI is InChI=1S/C67H33F3N8/c68-67(69,70)59-3-1-2-52(38-75)65(59)53-24-29-64(77-60-25-20-48(44-12-4-40(34-71)5-13-44)30-54(60)55-31-49(21-26-61(55)77)45-14-6-41(35-72)7-15-45)58(39-76)66(53)78-62-27-22-50(46-16-8-42(36-73)9-17-46)32-56(62)57-33-51(23-28-63(57)78)47-18-10-43(37-74)11-19-47/h1-33H. The largest absolute Gasteiger partial charge is 0.417 e. The highest BCUT2D eigenvalue weighted by atomic mass is 19.4. The molecule has 12 rings (SSSR count). The quantitative estimate of drug-likeness (QED) is 0.155. The van der Waals surface area contributed by atoms with E-state index in [0.29, 0.717) is 60.8 Å². The van der Waals surface area contributed by atoms with Crippen molar-refractivity contribution in [1.29, 1.82) is 31.6 Å². The molecule has 0 amide bonds. The van der Waals surface area contributed by atoms with E-state index in [-0.39, 0.29) is 27.9 Å². The third kappa shape index (κ3) is 7.90. The monoisotopic (exact) mass is 1010 g/mol. The average Bonchev–Trinajstić information content (AvgIpc) is 4.15. The highest BCUT2D eigenvalue weighted by molar-refractivity contribution is 6.14. The van der Waals surface area contributed by atoms with Gasteiger partial charge in [0.05, 0.1) is 97.2 Å². The minimum atomic E-state index is -4.91. The molecule has 2 heterocycles. The first-order valence-corrected chi connectivity index (χ1v) is 24.4. The summed E-state index contributed by atoms with van der Waals surface area (Å²) >= 11 is 0. The molecule has 0 N–H and O–H groups in total. The normalized spacial score (nSPS) is 11.2. The van der Waals surface area contributed by atoms with E-state index >= 15 is 13.2 Å². The Bertz CT molecular complexity index is 4520. The summed E-state index contributed by atoms with van der Waals surface area (Å²) in [6, 6.07) is 72.1. The molecule has 0 unspecified atom stereocenters. The molecule has 0 aliphatic carbocycles. The van der Waals surface area contributed by atoms with Crippen molar-refractivity contribution in [1.82, 2.24) is 9.13 Å². The van der Waals surface area contributed by atoms with Gasteiger partial charge in [-0.3, -0.25) is 0 Å². The summed E-state index contributed by atoms with van der Waals surface area (Å²) < 4.78 is 50.3. The second-order valence-corrected chi connectivity index (χ2v) is 18.7. The van der Waals surface area contributed by atoms with Gasteiger partial charge in [0, 0.05) is 32.7 Å². The van der Waals surface area contributed by atoms with E-state index in [0.717, 1.165) is 61.3 Å². The summed E-state index contributed by atoms with van der Waals surface area (Å²) in [7, 11) is 0. The van der Waals surface area contributed by atoms with Crippen LogP contribution in [0.3, 0.4) is 0 Å². The SMILES string of the molecule is N#Cc1ccc(-c2ccc3c(c2)c2cc(-c4ccc(C#N)cc4)ccc2n3-c2ccc(-c3c(C#N)cccc3C(F)(F)F)c(-n3c4ccc(-c5ccc(C#N)cc5)cc4c4cc(-c5ccc(C#N)cc5)ccc43)c2C#N)cc1. The maximum atomic E-state index is 15.5. The Labute approximate surface area is 444 Å². The summed E-state index contributed by atoms with van der Waals surface area (Å²) in [6.45, 7) is 0. The Morgan fingerprint density at radius 1 is 0.333 bits per heavy atom. The minimum Gasteiger partial charge on any atom is -0.308 e. The van der Waals surface area contributed by atoms with Crippen molar-refractivity contribution in [2.75, 3.05) is 0 Å². The molecule has 0 radical (unpaired) electrons. The molecule has 0 atom stereocenters. The van der Waals surface area contributed by atoms with Gasteiger partial charge in [-0.25, -0.2) is 0 Å². The fourth-order valence-corrected chi connectivity index (χ4v) is 10.7. The predicted molar refractivity (Wildman–Crippen MR) is 296 cm³/mol.